The molecule has 2 amide bonds. The molecule has 0 aromatic rings. The predicted octanol–water partition coefficient (Wildman–Crippen LogP) is 4.72. The number of hydrogen-bond acceptors (Lipinski definition) is 6. The highest BCUT2D eigenvalue weighted by atomic mass is 16.5. The van der Waals surface area contributed by atoms with Crippen molar-refractivity contribution in [1.82, 2.24) is 10.6 Å². The van der Waals surface area contributed by atoms with Crippen molar-refractivity contribution >= 4 is 11.8 Å². The number of carbonyl (C=O) groups is 2. The molecule has 0 bridgehead atoms. The Morgan fingerprint density at radius 2 is 1.43 bits per heavy atom. The lowest BCUT2D eigenvalue weighted by atomic mass is 9.44. The van der Waals surface area contributed by atoms with Crippen LogP contribution in [0.2, 0.25) is 0 Å². The first-order valence-corrected chi connectivity index (χ1v) is 17.1. The summed E-state index contributed by atoms with van der Waals surface area (Å²) >= 11 is 0. The number of hydrogen-bond donors (Lipinski definition) is 3. The summed E-state index contributed by atoms with van der Waals surface area (Å²) in [4.78, 5) is 23.4. The molecule has 4 rings (SSSR count). The number of ether oxygens (including phenoxy) is 3. The first-order chi connectivity index (χ1) is 20.1. The molecule has 9 atom stereocenters. The average Bonchev–Trinajstić information content (AvgIpc) is 3.31. The summed E-state index contributed by atoms with van der Waals surface area (Å²) in [5.74, 6) is 4.64. The number of aliphatic hydroxyl groups is 1. The summed E-state index contributed by atoms with van der Waals surface area (Å²) in [5.41, 5.74) is 0.857. The molecule has 242 valence electrons. The summed E-state index contributed by atoms with van der Waals surface area (Å²) in [7, 11) is 0. The summed E-state index contributed by atoms with van der Waals surface area (Å²) in [6, 6.07) is 0. The Balaban J connectivity index is 1.08. The molecule has 0 aromatic carbocycles. The molecule has 0 radical (unpaired) electrons. The Morgan fingerprint density at radius 1 is 0.810 bits per heavy atom. The van der Waals surface area contributed by atoms with Crippen LogP contribution in [0.4, 0.5) is 0 Å². The molecular formula is C34H60N2O6. The van der Waals surface area contributed by atoms with E-state index < -0.39 is 0 Å². The van der Waals surface area contributed by atoms with E-state index in [2.05, 4.69) is 31.4 Å². The van der Waals surface area contributed by atoms with E-state index in [1.165, 1.54) is 51.9 Å². The molecule has 3 N–H and O–H groups in total. The van der Waals surface area contributed by atoms with Crippen molar-refractivity contribution in [3.8, 4) is 0 Å². The normalized spacial score (nSPS) is 36.4. The number of aliphatic hydroxyl groups excluding tert-OH is 1. The van der Waals surface area contributed by atoms with Gasteiger partial charge in [0, 0.05) is 26.4 Å². The maximum absolute atomic E-state index is 12.6. The molecule has 4 fully saturated rings. The maximum atomic E-state index is 12.6. The Kier molecular flexibility index (Phi) is 12.6. The Hall–Kier alpha value is -1.22. The molecule has 0 spiro atoms. The van der Waals surface area contributed by atoms with Crippen molar-refractivity contribution < 1.29 is 28.9 Å². The van der Waals surface area contributed by atoms with Crippen molar-refractivity contribution in [1.29, 1.82) is 0 Å². The van der Waals surface area contributed by atoms with Crippen molar-refractivity contribution in [3.63, 3.8) is 0 Å². The Labute approximate surface area is 254 Å². The smallest absolute Gasteiger partial charge is 0.220 e. The lowest BCUT2D eigenvalue weighted by Crippen LogP contribution is -2.54. The van der Waals surface area contributed by atoms with E-state index in [4.69, 9.17) is 14.2 Å². The highest BCUT2D eigenvalue weighted by molar-refractivity contribution is 5.75. The lowest BCUT2D eigenvalue weighted by Gasteiger charge is -2.61. The minimum Gasteiger partial charge on any atom is -0.393 e. The van der Waals surface area contributed by atoms with Gasteiger partial charge in [0.25, 0.3) is 0 Å². The van der Waals surface area contributed by atoms with Crippen molar-refractivity contribution in [3.05, 3.63) is 0 Å². The number of amides is 2. The van der Waals surface area contributed by atoms with E-state index in [-0.39, 0.29) is 17.9 Å². The minimum absolute atomic E-state index is 0.0546. The van der Waals surface area contributed by atoms with Gasteiger partial charge in [0.05, 0.1) is 45.7 Å². The number of rotatable bonds is 16. The van der Waals surface area contributed by atoms with Gasteiger partial charge in [-0.1, -0.05) is 20.8 Å². The van der Waals surface area contributed by atoms with Crippen LogP contribution in [-0.2, 0) is 23.8 Å². The second-order valence-corrected chi connectivity index (χ2v) is 14.5. The first-order valence-electron chi connectivity index (χ1n) is 17.1. The van der Waals surface area contributed by atoms with Crippen molar-refractivity contribution in [2.45, 2.75) is 104 Å². The van der Waals surface area contributed by atoms with Crippen LogP contribution in [0.15, 0.2) is 0 Å². The third-order valence-electron chi connectivity index (χ3n) is 12.2. The maximum Gasteiger partial charge on any atom is 0.220 e. The van der Waals surface area contributed by atoms with Crippen LogP contribution in [0.5, 0.6) is 0 Å². The van der Waals surface area contributed by atoms with E-state index in [1.807, 2.05) is 0 Å². The molecule has 4 aliphatic carbocycles. The zero-order valence-electron chi connectivity index (χ0n) is 27.0. The molecule has 8 heteroatoms. The molecule has 0 aromatic heterocycles. The van der Waals surface area contributed by atoms with E-state index in [9.17, 15) is 14.7 Å². The first kappa shape index (κ1) is 33.7. The van der Waals surface area contributed by atoms with Gasteiger partial charge in [0.2, 0.25) is 11.8 Å². The molecule has 0 saturated heterocycles. The van der Waals surface area contributed by atoms with Gasteiger partial charge in [0.1, 0.15) is 0 Å². The van der Waals surface area contributed by atoms with Crippen LogP contribution in [-0.4, -0.2) is 75.8 Å². The monoisotopic (exact) mass is 592 g/mol. The number of carbonyl (C=O) groups excluding carboxylic acids is 2. The van der Waals surface area contributed by atoms with Gasteiger partial charge in [-0.05, 0) is 111 Å². The van der Waals surface area contributed by atoms with Crippen LogP contribution in [0.1, 0.15) is 98.3 Å². The molecule has 0 aliphatic heterocycles. The minimum atomic E-state index is -0.0691. The van der Waals surface area contributed by atoms with Crippen LogP contribution in [0.3, 0.4) is 0 Å². The number of fused-ring (bicyclic) bond motifs is 5. The molecule has 4 aliphatic rings. The van der Waals surface area contributed by atoms with Gasteiger partial charge < -0.3 is 30.0 Å². The molecule has 8 nitrogen and oxygen atoms in total. The standard InChI is InChI=1S/C34H60N2O6/c1-24(5-10-32(39)36-16-18-41-20-22-42-21-19-40-17-15-35-25(2)37)29-8-9-30-28-7-6-26-23-27(38)11-13-33(26,3)31(28)12-14-34(29,30)4/h24,26-31,38H,5-23H2,1-4H3,(H,35,37)(H,36,39)/t24?,26-,27-,28+,29?,30+,31+,33+,34-/m1/s1. The SMILES string of the molecule is CC(=O)NCCOCCOCCOCCNC(=O)CCC(C)C1CC[C@H]2[C@@H]3CC[C@@H]4C[C@H](O)CC[C@]4(C)[C@H]3CC[C@]12C. The summed E-state index contributed by atoms with van der Waals surface area (Å²) in [6.45, 7) is 13.0. The van der Waals surface area contributed by atoms with Crippen LogP contribution in [0.25, 0.3) is 0 Å². The highest BCUT2D eigenvalue weighted by Crippen LogP contribution is 2.68. The fourth-order valence-electron chi connectivity index (χ4n) is 9.96. The van der Waals surface area contributed by atoms with Crippen molar-refractivity contribution in [2.75, 3.05) is 52.7 Å². The summed E-state index contributed by atoms with van der Waals surface area (Å²) in [5, 5.41) is 16.0. The largest absolute Gasteiger partial charge is 0.393 e. The van der Waals surface area contributed by atoms with Gasteiger partial charge in [-0.2, -0.15) is 0 Å². The average molecular weight is 593 g/mol. The van der Waals surface area contributed by atoms with E-state index in [1.54, 1.807) is 0 Å². The zero-order chi connectivity index (χ0) is 30.2. The number of nitrogens with one attached hydrogen (secondary N) is 2. The van der Waals surface area contributed by atoms with Crippen LogP contribution in [0, 0.1) is 46.3 Å². The second kappa shape index (κ2) is 15.7. The van der Waals surface area contributed by atoms with Crippen LogP contribution >= 0.6 is 0 Å². The fraction of sp³-hybridized carbons (Fsp3) is 0.941. The summed E-state index contributed by atoms with van der Waals surface area (Å²) < 4.78 is 16.4. The molecule has 2 unspecified atom stereocenters. The second-order valence-electron chi connectivity index (χ2n) is 14.5. The van der Waals surface area contributed by atoms with Gasteiger partial charge in [0.15, 0.2) is 0 Å². The summed E-state index contributed by atoms with van der Waals surface area (Å²) in [6.07, 6.45) is 12.8. The quantitative estimate of drug-likeness (QED) is 0.224. The topological polar surface area (TPSA) is 106 Å². The fourth-order valence-corrected chi connectivity index (χ4v) is 9.96. The van der Waals surface area contributed by atoms with Crippen molar-refractivity contribution in [2.24, 2.45) is 46.3 Å². The third-order valence-corrected chi connectivity index (χ3v) is 12.2. The van der Waals surface area contributed by atoms with E-state index in [0.29, 0.717) is 75.9 Å². The van der Waals surface area contributed by atoms with Gasteiger partial charge >= 0.3 is 0 Å². The predicted molar refractivity (Wildman–Crippen MR) is 164 cm³/mol. The van der Waals surface area contributed by atoms with E-state index in [0.717, 1.165) is 48.9 Å². The molecular weight excluding hydrogens is 532 g/mol. The van der Waals surface area contributed by atoms with Gasteiger partial charge in [-0.25, -0.2) is 0 Å². The van der Waals surface area contributed by atoms with Crippen LogP contribution < -0.4 is 10.6 Å². The Bertz CT molecular complexity index is 871. The Morgan fingerprint density at radius 3 is 2.12 bits per heavy atom. The zero-order valence-corrected chi connectivity index (χ0v) is 27.0. The molecule has 4 saturated carbocycles. The molecule has 42 heavy (non-hydrogen) atoms. The lowest BCUT2D eigenvalue weighted by molar-refractivity contribution is -0.130. The highest BCUT2D eigenvalue weighted by Gasteiger charge is 2.60. The van der Waals surface area contributed by atoms with E-state index >= 15 is 0 Å². The van der Waals surface area contributed by atoms with Gasteiger partial charge in [-0.3, -0.25) is 9.59 Å². The van der Waals surface area contributed by atoms with Gasteiger partial charge in [-0.15, -0.1) is 0 Å². The third kappa shape index (κ3) is 8.28. The molecule has 0 heterocycles.